The molecule has 1 fully saturated rings. The van der Waals surface area contributed by atoms with E-state index in [2.05, 4.69) is 20.7 Å². The first kappa shape index (κ1) is 17.9. The number of hydrogen-bond donors (Lipinski definition) is 0. The molecule has 1 aliphatic heterocycles. The van der Waals surface area contributed by atoms with Gasteiger partial charge in [0.05, 0.1) is 33.5 Å². The molecule has 0 spiro atoms. The van der Waals surface area contributed by atoms with Gasteiger partial charge in [-0.25, -0.2) is 0 Å². The summed E-state index contributed by atoms with van der Waals surface area (Å²) in [5.74, 6) is 1.26. The van der Waals surface area contributed by atoms with E-state index in [9.17, 15) is 9.59 Å². The first-order valence-corrected chi connectivity index (χ1v) is 8.75. The summed E-state index contributed by atoms with van der Waals surface area (Å²) in [5, 5.41) is -0.179. The molecule has 1 aliphatic rings. The number of nitrogens with zero attached hydrogens (tertiary/aromatic N) is 1. The highest BCUT2D eigenvalue weighted by Crippen LogP contribution is 2.45. The molecule has 1 amide bonds. The van der Waals surface area contributed by atoms with E-state index in [1.165, 1.54) is 18.9 Å². The van der Waals surface area contributed by atoms with E-state index in [1.807, 2.05) is 12.1 Å². The van der Waals surface area contributed by atoms with Crippen molar-refractivity contribution in [3.05, 3.63) is 22.2 Å². The molecule has 8 heteroatoms. The van der Waals surface area contributed by atoms with Crippen LogP contribution in [0.4, 0.5) is 0 Å². The quantitative estimate of drug-likeness (QED) is 0.680. The maximum atomic E-state index is 12.1. The van der Waals surface area contributed by atoms with E-state index in [0.29, 0.717) is 23.8 Å². The minimum Gasteiger partial charge on any atom is -0.493 e. The molecule has 0 saturated carbocycles. The van der Waals surface area contributed by atoms with E-state index in [1.54, 1.807) is 19.1 Å². The fraction of sp³-hybridized carbons (Fsp3) is 0.467. The van der Waals surface area contributed by atoms with Gasteiger partial charge in [0.2, 0.25) is 5.91 Å². The van der Waals surface area contributed by atoms with Gasteiger partial charge in [-0.3, -0.25) is 9.59 Å². The molecule has 6 nitrogen and oxygen atoms in total. The largest absolute Gasteiger partial charge is 0.493 e. The summed E-state index contributed by atoms with van der Waals surface area (Å²) < 4.78 is 16.1. The van der Waals surface area contributed by atoms with Gasteiger partial charge in [0.25, 0.3) is 0 Å². The zero-order chi connectivity index (χ0) is 17.0. The summed E-state index contributed by atoms with van der Waals surface area (Å²) in [6.07, 6.45) is 0.171. The van der Waals surface area contributed by atoms with Crippen LogP contribution >= 0.6 is 27.7 Å². The zero-order valence-electron chi connectivity index (χ0n) is 13.1. The minimum atomic E-state index is -0.333. The summed E-state index contributed by atoms with van der Waals surface area (Å²) in [5.41, 5.74) is 0.906. The van der Waals surface area contributed by atoms with Crippen LogP contribution in [-0.2, 0) is 14.3 Å². The van der Waals surface area contributed by atoms with E-state index in [-0.39, 0.29) is 23.7 Å². The number of ether oxygens (including phenoxy) is 3. The molecule has 0 bridgehead atoms. The fourth-order valence-electron chi connectivity index (χ4n) is 2.33. The molecule has 0 aromatic heterocycles. The summed E-state index contributed by atoms with van der Waals surface area (Å²) in [6.45, 7) is 0.323. The van der Waals surface area contributed by atoms with Crippen LogP contribution < -0.4 is 9.47 Å². The minimum absolute atomic E-state index is 0.00517. The van der Waals surface area contributed by atoms with Crippen molar-refractivity contribution in [1.82, 2.24) is 4.90 Å². The fourth-order valence-corrected chi connectivity index (χ4v) is 4.26. The van der Waals surface area contributed by atoms with Crippen LogP contribution in [0.25, 0.3) is 0 Å². The average Bonchev–Trinajstić information content (AvgIpc) is 2.92. The van der Waals surface area contributed by atoms with Gasteiger partial charge < -0.3 is 19.1 Å². The number of amides is 1. The SMILES string of the molecule is COC(=O)CCN1C(=O)CSC1c1cc(OC)c(OC)cc1Br. The third kappa shape index (κ3) is 3.92. The van der Waals surface area contributed by atoms with Crippen LogP contribution in [0.1, 0.15) is 17.4 Å². The molecular formula is C15H18BrNO5S. The number of rotatable bonds is 6. The molecule has 1 saturated heterocycles. The number of methoxy groups -OCH3 is 3. The van der Waals surface area contributed by atoms with Crippen molar-refractivity contribution < 1.29 is 23.8 Å². The first-order chi connectivity index (χ1) is 11.0. The molecule has 0 radical (unpaired) electrons. The maximum absolute atomic E-state index is 12.1. The van der Waals surface area contributed by atoms with Gasteiger partial charge in [-0.05, 0) is 12.1 Å². The number of carbonyl (C=O) groups is 2. The molecule has 23 heavy (non-hydrogen) atoms. The molecule has 1 atom stereocenters. The molecular weight excluding hydrogens is 386 g/mol. The Morgan fingerprint density at radius 2 is 1.96 bits per heavy atom. The number of halogens is 1. The molecule has 126 valence electrons. The van der Waals surface area contributed by atoms with E-state index >= 15 is 0 Å². The summed E-state index contributed by atoms with van der Waals surface area (Å²) >= 11 is 5.04. The lowest BCUT2D eigenvalue weighted by molar-refractivity contribution is -0.141. The smallest absolute Gasteiger partial charge is 0.307 e. The standard InChI is InChI=1S/C15H18BrNO5S/c1-20-11-6-9(10(16)7-12(11)21-2)15-17(13(18)8-23-15)5-4-14(19)22-3/h6-7,15H,4-5,8H2,1-3H3. The highest BCUT2D eigenvalue weighted by atomic mass is 79.9. The van der Waals surface area contributed by atoms with E-state index < -0.39 is 0 Å². The summed E-state index contributed by atoms with van der Waals surface area (Å²) in [4.78, 5) is 25.2. The van der Waals surface area contributed by atoms with E-state index in [0.717, 1.165) is 10.0 Å². The van der Waals surface area contributed by atoms with Crippen molar-refractivity contribution >= 4 is 39.6 Å². The number of carbonyl (C=O) groups excluding carboxylic acids is 2. The van der Waals surface area contributed by atoms with Crippen molar-refractivity contribution in [2.24, 2.45) is 0 Å². The van der Waals surface area contributed by atoms with Gasteiger partial charge in [-0.1, -0.05) is 15.9 Å². The van der Waals surface area contributed by atoms with Gasteiger partial charge in [0, 0.05) is 16.6 Å². The van der Waals surface area contributed by atoms with Crippen molar-refractivity contribution in [2.75, 3.05) is 33.6 Å². The molecule has 1 aromatic carbocycles. The Morgan fingerprint density at radius 3 is 2.57 bits per heavy atom. The van der Waals surface area contributed by atoms with Crippen LogP contribution in [0.2, 0.25) is 0 Å². The van der Waals surface area contributed by atoms with Crippen LogP contribution in [0.15, 0.2) is 16.6 Å². The van der Waals surface area contributed by atoms with E-state index in [4.69, 9.17) is 9.47 Å². The normalized spacial score (nSPS) is 17.3. The maximum Gasteiger partial charge on any atom is 0.307 e. The van der Waals surface area contributed by atoms with Gasteiger partial charge >= 0.3 is 5.97 Å². The van der Waals surface area contributed by atoms with Gasteiger partial charge in [-0.15, -0.1) is 11.8 Å². The highest BCUT2D eigenvalue weighted by molar-refractivity contribution is 9.10. The van der Waals surface area contributed by atoms with Gasteiger partial charge in [0.1, 0.15) is 5.37 Å². The lowest BCUT2D eigenvalue weighted by atomic mass is 10.1. The summed E-state index contributed by atoms with van der Waals surface area (Å²) in [7, 11) is 4.48. The number of benzene rings is 1. The van der Waals surface area contributed by atoms with Gasteiger partial charge in [-0.2, -0.15) is 0 Å². The third-order valence-corrected chi connectivity index (χ3v) is 5.45. The van der Waals surface area contributed by atoms with Crippen LogP contribution in [0.3, 0.4) is 0 Å². The Hall–Kier alpha value is -1.41. The predicted octanol–water partition coefficient (Wildman–Crippen LogP) is 2.60. The Morgan fingerprint density at radius 1 is 1.30 bits per heavy atom. The van der Waals surface area contributed by atoms with Crippen LogP contribution in [0, 0.1) is 0 Å². The Labute approximate surface area is 147 Å². The molecule has 2 rings (SSSR count). The van der Waals surface area contributed by atoms with Crippen molar-refractivity contribution in [1.29, 1.82) is 0 Å². The van der Waals surface area contributed by atoms with Gasteiger partial charge in [0.15, 0.2) is 11.5 Å². The van der Waals surface area contributed by atoms with Crippen LogP contribution in [0.5, 0.6) is 11.5 Å². The third-order valence-electron chi connectivity index (χ3n) is 3.52. The Kier molecular flexibility index (Phi) is 6.17. The monoisotopic (exact) mass is 403 g/mol. The number of hydrogen-bond acceptors (Lipinski definition) is 6. The van der Waals surface area contributed by atoms with Crippen molar-refractivity contribution in [3.8, 4) is 11.5 Å². The highest BCUT2D eigenvalue weighted by Gasteiger charge is 2.34. The lowest BCUT2D eigenvalue weighted by Gasteiger charge is -2.25. The first-order valence-electron chi connectivity index (χ1n) is 6.91. The Bertz CT molecular complexity index is 610. The number of thioether (sulfide) groups is 1. The molecule has 1 heterocycles. The second-order valence-electron chi connectivity index (χ2n) is 4.81. The molecule has 1 unspecified atom stereocenters. The Balaban J connectivity index is 2.28. The van der Waals surface area contributed by atoms with Crippen LogP contribution in [-0.4, -0.2) is 50.4 Å². The molecule has 0 N–H and O–H groups in total. The van der Waals surface area contributed by atoms with Crippen molar-refractivity contribution in [2.45, 2.75) is 11.8 Å². The molecule has 1 aromatic rings. The lowest BCUT2D eigenvalue weighted by Crippen LogP contribution is -2.30. The second kappa shape index (κ2) is 7.92. The second-order valence-corrected chi connectivity index (χ2v) is 6.73. The zero-order valence-corrected chi connectivity index (χ0v) is 15.5. The number of esters is 1. The predicted molar refractivity (Wildman–Crippen MR) is 90.8 cm³/mol. The molecule has 0 aliphatic carbocycles. The van der Waals surface area contributed by atoms with Crippen molar-refractivity contribution in [3.63, 3.8) is 0 Å². The topological polar surface area (TPSA) is 65.1 Å². The summed E-state index contributed by atoms with van der Waals surface area (Å²) in [6, 6.07) is 3.67. The average molecular weight is 404 g/mol.